The summed E-state index contributed by atoms with van der Waals surface area (Å²) in [6, 6.07) is 7.72. The summed E-state index contributed by atoms with van der Waals surface area (Å²) >= 11 is 0. The van der Waals surface area contributed by atoms with Crippen molar-refractivity contribution in [1.29, 1.82) is 0 Å². The topological polar surface area (TPSA) is 48.9 Å². The van der Waals surface area contributed by atoms with Crippen molar-refractivity contribution in [2.45, 2.75) is 155 Å². The molecule has 0 aliphatic rings. The molecule has 2 rings (SSSR count). The molecule has 40 heavy (non-hydrogen) atoms. The van der Waals surface area contributed by atoms with Crippen molar-refractivity contribution >= 4 is 17.4 Å². The lowest BCUT2D eigenvalue weighted by molar-refractivity contribution is -0.696. The van der Waals surface area contributed by atoms with Gasteiger partial charge in [-0.05, 0) is 25.0 Å². The van der Waals surface area contributed by atoms with Gasteiger partial charge in [-0.3, -0.25) is 0 Å². The molecule has 0 aliphatic carbocycles. The van der Waals surface area contributed by atoms with Gasteiger partial charge in [-0.15, -0.1) is 0 Å². The molecule has 2 N–H and O–H groups in total. The highest BCUT2D eigenvalue weighted by Gasteiger charge is 2.09. The van der Waals surface area contributed by atoms with Crippen LogP contribution < -0.4 is 19.8 Å². The number of pyridine rings is 2. The first-order valence-electron chi connectivity index (χ1n) is 16.8. The predicted octanol–water partition coefficient (Wildman–Crippen LogP) is 9.75. The van der Waals surface area contributed by atoms with E-state index in [9.17, 15) is 4.79 Å². The maximum atomic E-state index is 12.7. The highest BCUT2D eigenvalue weighted by atomic mass is 16.2. The van der Waals surface area contributed by atoms with E-state index in [0.29, 0.717) is 0 Å². The smallest absolute Gasteiger partial charge is 0.302 e. The second kappa shape index (κ2) is 23.3. The van der Waals surface area contributed by atoms with Crippen LogP contribution in [0.4, 0.5) is 16.2 Å². The molecular formula is C35H60N4O+2. The second-order valence-corrected chi connectivity index (χ2v) is 11.6. The van der Waals surface area contributed by atoms with Crippen LogP contribution in [0.5, 0.6) is 0 Å². The van der Waals surface area contributed by atoms with Crippen LogP contribution in [0, 0.1) is 0 Å². The molecule has 0 saturated heterocycles. The van der Waals surface area contributed by atoms with Crippen LogP contribution in [-0.2, 0) is 13.1 Å². The lowest BCUT2D eigenvalue weighted by Crippen LogP contribution is -2.34. The van der Waals surface area contributed by atoms with Crippen molar-refractivity contribution in [2.75, 3.05) is 10.6 Å². The fourth-order valence-corrected chi connectivity index (χ4v) is 5.33. The Kier molecular flexibility index (Phi) is 19.7. The quantitative estimate of drug-likeness (QED) is 0.0988. The van der Waals surface area contributed by atoms with E-state index in [0.717, 1.165) is 24.5 Å². The first-order valence-corrected chi connectivity index (χ1v) is 16.8. The van der Waals surface area contributed by atoms with Gasteiger partial charge in [0.1, 0.15) is 24.5 Å². The van der Waals surface area contributed by atoms with E-state index in [2.05, 4.69) is 46.0 Å². The van der Waals surface area contributed by atoms with E-state index in [1.54, 1.807) is 0 Å². The molecule has 5 heteroatoms. The number of hydrogen-bond donors (Lipinski definition) is 2. The van der Waals surface area contributed by atoms with Crippen LogP contribution >= 0.6 is 0 Å². The number of urea groups is 1. The zero-order chi connectivity index (χ0) is 28.5. The fourth-order valence-electron chi connectivity index (χ4n) is 5.33. The third kappa shape index (κ3) is 17.3. The minimum Gasteiger partial charge on any atom is -0.302 e. The van der Waals surface area contributed by atoms with Gasteiger partial charge in [0.15, 0.2) is 24.8 Å². The monoisotopic (exact) mass is 552 g/mol. The highest BCUT2D eigenvalue weighted by Crippen LogP contribution is 2.12. The Hall–Kier alpha value is -2.43. The molecule has 0 aromatic carbocycles. The first-order chi connectivity index (χ1) is 19.7. The largest absolute Gasteiger partial charge is 0.324 e. The van der Waals surface area contributed by atoms with Crippen LogP contribution in [-0.4, -0.2) is 6.03 Å². The van der Waals surface area contributed by atoms with Crippen molar-refractivity contribution in [3.05, 3.63) is 49.1 Å². The molecule has 0 bridgehead atoms. The van der Waals surface area contributed by atoms with Gasteiger partial charge in [-0.2, -0.15) is 0 Å². The van der Waals surface area contributed by atoms with Crippen LogP contribution in [0.2, 0.25) is 0 Å². The van der Waals surface area contributed by atoms with Crippen molar-refractivity contribution < 1.29 is 13.9 Å². The predicted molar refractivity (Wildman–Crippen MR) is 170 cm³/mol. The van der Waals surface area contributed by atoms with Crippen molar-refractivity contribution in [1.82, 2.24) is 0 Å². The van der Waals surface area contributed by atoms with Crippen LogP contribution in [0.25, 0.3) is 0 Å². The second-order valence-electron chi connectivity index (χ2n) is 11.6. The Morgan fingerprint density at radius 3 is 1.20 bits per heavy atom. The van der Waals surface area contributed by atoms with E-state index in [1.165, 1.54) is 128 Å². The number of rotatable bonds is 24. The lowest BCUT2D eigenvalue weighted by atomic mass is 10.1. The molecule has 0 fully saturated rings. The fraction of sp³-hybridized carbons (Fsp3) is 0.686. The maximum absolute atomic E-state index is 12.7. The minimum absolute atomic E-state index is 0.201. The number of anilines is 2. The van der Waals surface area contributed by atoms with Gasteiger partial charge in [0.05, 0.1) is 0 Å². The van der Waals surface area contributed by atoms with E-state index < -0.39 is 0 Å². The summed E-state index contributed by atoms with van der Waals surface area (Å²) in [7, 11) is 0. The molecule has 2 aromatic rings. The maximum Gasteiger partial charge on any atom is 0.324 e. The zero-order valence-electron chi connectivity index (χ0n) is 26.0. The van der Waals surface area contributed by atoms with E-state index in [1.807, 2.05) is 36.7 Å². The molecular weight excluding hydrogens is 492 g/mol. The van der Waals surface area contributed by atoms with Crippen LogP contribution in [0.3, 0.4) is 0 Å². The summed E-state index contributed by atoms with van der Waals surface area (Å²) in [5.74, 6) is 0. The van der Waals surface area contributed by atoms with Gasteiger partial charge in [0, 0.05) is 25.0 Å². The third-order valence-electron chi connectivity index (χ3n) is 7.77. The lowest BCUT2D eigenvalue weighted by Gasteiger charge is -2.07. The number of aromatic nitrogens is 2. The molecule has 0 spiro atoms. The summed E-state index contributed by atoms with van der Waals surface area (Å²) in [5.41, 5.74) is 1.64. The molecule has 5 nitrogen and oxygen atoms in total. The number of hydrogen-bond acceptors (Lipinski definition) is 1. The summed E-state index contributed by atoms with van der Waals surface area (Å²) < 4.78 is 4.37. The number of nitrogens with zero attached hydrogens (tertiary/aromatic N) is 2. The van der Waals surface area contributed by atoms with E-state index >= 15 is 0 Å². The molecule has 0 atom stereocenters. The SMILES string of the molecule is CCCCCCCCCCCC[n+]1cccc(NC(=O)Nc2ccc[n+](CCCCCCCCCCCC)c2)c1. The van der Waals surface area contributed by atoms with Crippen molar-refractivity contribution in [3.8, 4) is 0 Å². The summed E-state index contributed by atoms with van der Waals surface area (Å²) in [4.78, 5) is 12.7. The Labute approximate surface area is 246 Å². The Morgan fingerprint density at radius 2 is 0.850 bits per heavy atom. The highest BCUT2D eigenvalue weighted by molar-refractivity contribution is 5.99. The van der Waals surface area contributed by atoms with E-state index in [4.69, 9.17) is 0 Å². The van der Waals surface area contributed by atoms with Gasteiger partial charge in [0.25, 0.3) is 0 Å². The molecule has 224 valence electrons. The van der Waals surface area contributed by atoms with Gasteiger partial charge in [-0.1, -0.05) is 117 Å². The van der Waals surface area contributed by atoms with Gasteiger partial charge < -0.3 is 10.6 Å². The average Bonchev–Trinajstić information content (AvgIpc) is 2.95. The number of carbonyl (C=O) groups excluding carboxylic acids is 1. The molecule has 2 aromatic heterocycles. The van der Waals surface area contributed by atoms with E-state index in [-0.39, 0.29) is 6.03 Å². The van der Waals surface area contributed by atoms with Crippen LogP contribution in [0.15, 0.2) is 49.1 Å². The molecule has 0 unspecified atom stereocenters. The Bertz CT molecular complexity index is 829. The summed E-state index contributed by atoms with van der Waals surface area (Å²) in [6.07, 6.45) is 35.1. The number of amides is 2. The van der Waals surface area contributed by atoms with Crippen molar-refractivity contribution in [2.24, 2.45) is 0 Å². The van der Waals surface area contributed by atoms with Gasteiger partial charge >= 0.3 is 6.03 Å². The molecule has 0 aliphatic heterocycles. The molecule has 0 saturated carbocycles. The first kappa shape index (κ1) is 33.8. The standard InChI is InChI=1S/C35H59N4O/c1-3-5-7-9-11-13-15-17-19-21-27-38-29-23-25-33(31-38)36-35(40)37-34-26-24-30-39(32-34)28-22-20-18-16-14-12-10-8-6-4-2/h23-26,29-32H,3-22,27-28H2,1-2H3,(H-,36,37,40)/q+1/p+1. The minimum atomic E-state index is -0.201. The summed E-state index contributed by atoms with van der Waals surface area (Å²) in [6.45, 7) is 6.53. The Balaban J connectivity index is 1.59. The Morgan fingerprint density at radius 1 is 0.525 bits per heavy atom. The molecule has 2 heterocycles. The van der Waals surface area contributed by atoms with Gasteiger partial charge in [0.2, 0.25) is 0 Å². The number of nitrogens with one attached hydrogen (secondary N) is 2. The molecule has 2 amide bonds. The normalized spacial score (nSPS) is 11.1. The number of aryl methyl sites for hydroxylation is 2. The summed E-state index contributed by atoms with van der Waals surface area (Å²) in [5, 5.41) is 5.99. The molecule has 0 radical (unpaired) electrons. The van der Waals surface area contributed by atoms with Crippen LogP contribution in [0.1, 0.15) is 142 Å². The third-order valence-corrected chi connectivity index (χ3v) is 7.77. The van der Waals surface area contributed by atoms with Crippen molar-refractivity contribution in [3.63, 3.8) is 0 Å². The number of unbranched alkanes of at least 4 members (excludes halogenated alkanes) is 18. The number of carbonyl (C=O) groups is 1. The zero-order valence-corrected chi connectivity index (χ0v) is 26.0. The van der Waals surface area contributed by atoms with Gasteiger partial charge in [-0.25, -0.2) is 13.9 Å². The average molecular weight is 553 g/mol.